The topological polar surface area (TPSA) is 79.0 Å². The summed E-state index contributed by atoms with van der Waals surface area (Å²) in [6, 6.07) is 5.61. The highest BCUT2D eigenvalue weighted by Gasteiger charge is 2.53. The second kappa shape index (κ2) is 8.20. The third kappa shape index (κ3) is 3.84. The van der Waals surface area contributed by atoms with Crippen molar-refractivity contribution >= 4 is 23.6 Å². The first-order valence-electron chi connectivity index (χ1n) is 9.98. The molecule has 2 aliphatic rings. The van der Waals surface area contributed by atoms with Gasteiger partial charge in [-0.05, 0) is 58.1 Å². The molecule has 3 rings (SSSR count). The highest BCUT2D eigenvalue weighted by molar-refractivity contribution is 5.98. The van der Waals surface area contributed by atoms with Crippen molar-refractivity contribution in [3.63, 3.8) is 0 Å². The third-order valence-corrected chi connectivity index (χ3v) is 5.69. The summed E-state index contributed by atoms with van der Waals surface area (Å²) in [5, 5.41) is 2.97. The zero-order valence-electron chi connectivity index (χ0n) is 16.9. The van der Waals surface area contributed by atoms with Gasteiger partial charge in [0.05, 0.1) is 6.61 Å². The number of nitrogens with zero attached hydrogens (tertiary/aromatic N) is 2. The Morgan fingerprint density at radius 2 is 1.89 bits per heavy atom. The van der Waals surface area contributed by atoms with Crippen LogP contribution >= 0.6 is 0 Å². The van der Waals surface area contributed by atoms with Crippen molar-refractivity contribution in [3.05, 3.63) is 29.3 Å². The van der Waals surface area contributed by atoms with E-state index in [1.807, 2.05) is 32.0 Å². The van der Waals surface area contributed by atoms with E-state index in [1.165, 1.54) is 0 Å². The second-order valence-corrected chi connectivity index (χ2v) is 7.67. The Balaban J connectivity index is 1.77. The Bertz CT molecular complexity index is 779. The summed E-state index contributed by atoms with van der Waals surface area (Å²) in [6.07, 6.45) is 2.80. The molecule has 0 bridgehead atoms. The number of carbonyl (C=O) groups excluding carboxylic acids is 3. The minimum Gasteiger partial charge on any atom is -0.465 e. The Kier molecular flexibility index (Phi) is 5.91. The van der Waals surface area contributed by atoms with Gasteiger partial charge in [-0.1, -0.05) is 17.7 Å². The van der Waals surface area contributed by atoms with E-state index in [0.29, 0.717) is 25.9 Å². The van der Waals surface area contributed by atoms with Gasteiger partial charge in [-0.25, -0.2) is 4.79 Å². The lowest BCUT2D eigenvalue weighted by atomic mass is 9.85. The van der Waals surface area contributed by atoms with Gasteiger partial charge < -0.3 is 19.9 Å². The standard InChI is InChI=1S/C21H29N3O4/c1-4-28-18(25)14-23-11-5-9-21(19(23)26)10-6-12-24(21)20(27)22-17-8-7-15(2)13-16(17)3/h7-8,13H,4-6,9-12,14H2,1-3H3,(H,22,27). The molecule has 2 fully saturated rings. The number of ether oxygens (including phenoxy) is 1. The van der Waals surface area contributed by atoms with E-state index in [0.717, 1.165) is 29.7 Å². The first-order chi connectivity index (χ1) is 13.4. The van der Waals surface area contributed by atoms with Crippen molar-refractivity contribution in [2.75, 3.05) is 31.6 Å². The van der Waals surface area contributed by atoms with Crippen molar-refractivity contribution < 1.29 is 19.1 Å². The van der Waals surface area contributed by atoms with E-state index in [-0.39, 0.29) is 25.1 Å². The smallest absolute Gasteiger partial charge is 0.325 e. The van der Waals surface area contributed by atoms with Crippen molar-refractivity contribution in [2.45, 2.75) is 52.0 Å². The van der Waals surface area contributed by atoms with Crippen LogP contribution in [-0.2, 0) is 14.3 Å². The van der Waals surface area contributed by atoms with Gasteiger partial charge in [0.25, 0.3) is 0 Å². The molecular formula is C21H29N3O4. The lowest BCUT2D eigenvalue weighted by Gasteiger charge is -2.44. The Morgan fingerprint density at radius 1 is 1.18 bits per heavy atom. The number of likely N-dealkylation sites (tertiary alicyclic amines) is 2. The largest absolute Gasteiger partial charge is 0.465 e. The van der Waals surface area contributed by atoms with Gasteiger partial charge in [0.2, 0.25) is 5.91 Å². The maximum absolute atomic E-state index is 13.3. The number of amides is 3. The van der Waals surface area contributed by atoms with Crippen LogP contribution in [0.3, 0.4) is 0 Å². The number of hydrogen-bond donors (Lipinski definition) is 1. The molecule has 1 unspecified atom stereocenters. The van der Waals surface area contributed by atoms with Crippen LogP contribution in [0.2, 0.25) is 0 Å². The highest BCUT2D eigenvalue weighted by atomic mass is 16.5. The second-order valence-electron chi connectivity index (χ2n) is 7.67. The number of esters is 1. The fraction of sp³-hybridized carbons (Fsp3) is 0.571. The molecule has 7 nitrogen and oxygen atoms in total. The molecule has 0 aliphatic carbocycles. The van der Waals surface area contributed by atoms with E-state index in [2.05, 4.69) is 5.32 Å². The predicted octanol–water partition coefficient (Wildman–Crippen LogP) is 2.86. The Morgan fingerprint density at radius 3 is 2.57 bits per heavy atom. The maximum Gasteiger partial charge on any atom is 0.325 e. The molecule has 0 saturated carbocycles. The monoisotopic (exact) mass is 387 g/mol. The molecule has 0 radical (unpaired) electrons. The van der Waals surface area contributed by atoms with Crippen molar-refractivity contribution in [2.24, 2.45) is 0 Å². The molecular weight excluding hydrogens is 358 g/mol. The van der Waals surface area contributed by atoms with Crippen molar-refractivity contribution in [1.29, 1.82) is 0 Å². The first kappa shape index (κ1) is 20.2. The van der Waals surface area contributed by atoms with Crippen LogP contribution in [0.15, 0.2) is 18.2 Å². The first-order valence-corrected chi connectivity index (χ1v) is 9.98. The summed E-state index contributed by atoms with van der Waals surface area (Å²) in [4.78, 5) is 41.4. The molecule has 1 aromatic rings. The number of anilines is 1. The lowest BCUT2D eigenvalue weighted by Crippen LogP contribution is -2.62. The minimum absolute atomic E-state index is 0.0546. The lowest BCUT2D eigenvalue weighted by molar-refractivity contribution is -0.155. The molecule has 1 N–H and O–H groups in total. The molecule has 0 aromatic heterocycles. The van der Waals surface area contributed by atoms with Gasteiger partial charge in [-0.2, -0.15) is 0 Å². The minimum atomic E-state index is -0.854. The highest BCUT2D eigenvalue weighted by Crippen LogP contribution is 2.38. The fourth-order valence-electron chi connectivity index (χ4n) is 4.37. The molecule has 7 heteroatoms. The maximum atomic E-state index is 13.3. The molecule has 2 heterocycles. The molecule has 2 saturated heterocycles. The van der Waals surface area contributed by atoms with Crippen LogP contribution < -0.4 is 5.32 Å². The number of benzene rings is 1. The van der Waals surface area contributed by atoms with Crippen molar-refractivity contribution in [1.82, 2.24) is 9.80 Å². The summed E-state index contributed by atoms with van der Waals surface area (Å²) < 4.78 is 4.99. The molecule has 1 spiro atoms. The van der Waals surface area contributed by atoms with Gasteiger partial charge in [0.15, 0.2) is 0 Å². The van der Waals surface area contributed by atoms with Crippen LogP contribution in [0.1, 0.15) is 43.7 Å². The summed E-state index contributed by atoms with van der Waals surface area (Å²) in [6.45, 7) is 6.99. The molecule has 28 heavy (non-hydrogen) atoms. The zero-order chi connectivity index (χ0) is 20.3. The third-order valence-electron chi connectivity index (χ3n) is 5.69. The number of piperidine rings is 1. The summed E-state index contributed by atoms with van der Waals surface area (Å²) in [7, 11) is 0. The number of carbonyl (C=O) groups is 3. The van der Waals surface area contributed by atoms with E-state index < -0.39 is 11.5 Å². The SMILES string of the molecule is CCOC(=O)CN1CCCC2(CCCN2C(=O)Nc2ccc(C)cc2C)C1=O. The molecule has 152 valence electrons. The number of urea groups is 1. The number of nitrogens with one attached hydrogen (secondary N) is 1. The summed E-state index contributed by atoms with van der Waals surface area (Å²) in [5.74, 6) is -0.544. The number of rotatable bonds is 4. The summed E-state index contributed by atoms with van der Waals surface area (Å²) >= 11 is 0. The predicted molar refractivity (Wildman–Crippen MR) is 106 cm³/mol. The average Bonchev–Trinajstić information content (AvgIpc) is 3.06. The van der Waals surface area contributed by atoms with E-state index in [4.69, 9.17) is 4.74 Å². The van der Waals surface area contributed by atoms with E-state index in [1.54, 1.807) is 16.7 Å². The number of aryl methyl sites for hydroxylation is 2. The molecule has 1 atom stereocenters. The molecule has 1 aromatic carbocycles. The van der Waals surface area contributed by atoms with Crippen LogP contribution in [0.4, 0.5) is 10.5 Å². The van der Waals surface area contributed by atoms with Gasteiger partial charge in [-0.15, -0.1) is 0 Å². The number of hydrogen-bond acceptors (Lipinski definition) is 4. The average molecular weight is 387 g/mol. The van der Waals surface area contributed by atoms with Crippen LogP contribution in [-0.4, -0.2) is 59.5 Å². The Labute approximate surface area is 166 Å². The van der Waals surface area contributed by atoms with Gasteiger partial charge >= 0.3 is 12.0 Å². The zero-order valence-corrected chi connectivity index (χ0v) is 16.9. The molecule has 2 aliphatic heterocycles. The van der Waals surface area contributed by atoms with Crippen LogP contribution in [0, 0.1) is 13.8 Å². The Hall–Kier alpha value is -2.57. The van der Waals surface area contributed by atoms with Gasteiger partial charge in [-0.3, -0.25) is 9.59 Å². The van der Waals surface area contributed by atoms with E-state index >= 15 is 0 Å². The summed E-state index contributed by atoms with van der Waals surface area (Å²) in [5.41, 5.74) is 2.02. The normalized spacial score (nSPS) is 21.9. The van der Waals surface area contributed by atoms with Gasteiger partial charge in [0, 0.05) is 18.8 Å². The van der Waals surface area contributed by atoms with Crippen LogP contribution in [0.5, 0.6) is 0 Å². The fourth-order valence-corrected chi connectivity index (χ4v) is 4.37. The molecule has 3 amide bonds. The van der Waals surface area contributed by atoms with E-state index in [9.17, 15) is 14.4 Å². The van der Waals surface area contributed by atoms with Crippen LogP contribution in [0.25, 0.3) is 0 Å². The van der Waals surface area contributed by atoms with Gasteiger partial charge in [0.1, 0.15) is 12.1 Å². The quantitative estimate of drug-likeness (QED) is 0.806. The van der Waals surface area contributed by atoms with Crippen molar-refractivity contribution in [3.8, 4) is 0 Å².